The van der Waals surface area contributed by atoms with Gasteiger partial charge in [0.15, 0.2) is 11.5 Å². The molecule has 4 aromatic rings. The van der Waals surface area contributed by atoms with Crippen molar-refractivity contribution in [2.24, 2.45) is 4.99 Å². The Morgan fingerprint density at radius 3 is 2.27 bits per heavy atom. The number of ether oxygens (including phenoxy) is 3. The Morgan fingerprint density at radius 2 is 1.51 bits per heavy atom. The van der Waals surface area contributed by atoms with E-state index < -0.39 is 10.0 Å². The largest absolute Gasteiger partial charge is 0.493 e. The lowest BCUT2D eigenvalue weighted by molar-refractivity contribution is 0.209. The number of fused-ring (bicyclic) bond motifs is 2. The molecule has 0 bridgehead atoms. The van der Waals surface area contributed by atoms with Crippen LogP contribution in [0.15, 0.2) is 88.8 Å². The molecule has 0 amide bonds. The molecule has 8 heteroatoms. The fourth-order valence-electron chi connectivity index (χ4n) is 4.68. The van der Waals surface area contributed by atoms with Crippen molar-refractivity contribution in [1.29, 1.82) is 0 Å². The van der Waals surface area contributed by atoms with Crippen molar-refractivity contribution in [3.8, 4) is 11.5 Å². The van der Waals surface area contributed by atoms with Crippen molar-refractivity contribution in [1.82, 2.24) is 0 Å². The van der Waals surface area contributed by atoms with Crippen LogP contribution in [0.4, 0.5) is 5.69 Å². The first kappa shape index (κ1) is 24.8. The van der Waals surface area contributed by atoms with Gasteiger partial charge in [0, 0.05) is 24.8 Å². The zero-order valence-corrected chi connectivity index (χ0v) is 21.8. The van der Waals surface area contributed by atoms with E-state index in [0.717, 1.165) is 28.3 Å². The smallest absolute Gasteiger partial charge is 0.266 e. The van der Waals surface area contributed by atoms with E-state index in [0.29, 0.717) is 35.0 Å². The number of aliphatic imine (C=N–C) groups is 1. The molecule has 0 saturated carbocycles. The fourth-order valence-corrected chi connectivity index (χ4v) is 6.12. The average Bonchev–Trinajstić information content (AvgIpc) is 2.94. The highest BCUT2D eigenvalue weighted by Gasteiger charge is 2.30. The standard InChI is InChI=1S/C29H28N2O5S/c1-34-19-31(37(32,33)23-13-12-20-8-4-5-9-21(20)16-23)26-11-7-6-10-24(26)29-25-18-28(36-3)27(35-2)17-22(25)14-15-30-29/h4-13,16-18H,14-15,19H2,1-3H3. The maximum Gasteiger partial charge on any atom is 0.266 e. The van der Waals surface area contributed by atoms with Gasteiger partial charge in [-0.15, -0.1) is 0 Å². The molecule has 0 N–H and O–H groups in total. The van der Waals surface area contributed by atoms with Gasteiger partial charge in [-0.3, -0.25) is 4.99 Å². The van der Waals surface area contributed by atoms with E-state index in [1.54, 1.807) is 32.4 Å². The average molecular weight is 517 g/mol. The van der Waals surface area contributed by atoms with Gasteiger partial charge in [0.25, 0.3) is 10.0 Å². The molecule has 1 heterocycles. The molecule has 1 aliphatic rings. The van der Waals surface area contributed by atoms with Crippen LogP contribution in [0, 0.1) is 0 Å². The number of hydrogen-bond donors (Lipinski definition) is 0. The predicted octanol–water partition coefficient (Wildman–Crippen LogP) is 5.05. The van der Waals surface area contributed by atoms with E-state index in [1.165, 1.54) is 11.4 Å². The minimum Gasteiger partial charge on any atom is -0.493 e. The van der Waals surface area contributed by atoms with Crippen molar-refractivity contribution in [3.63, 3.8) is 0 Å². The van der Waals surface area contributed by atoms with E-state index in [2.05, 4.69) is 0 Å². The first-order chi connectivity index (χ1) is 18.0. The highest BCUT2D eigenvalue weighted by molar-refractivity contribution is 7.92. The molecule has 1 aliphatic heterocycles. The van der Waals surface area contributed by atoms with E-state index in [-0.39, 0.29) is 11.6 Å². The third-order valence-corrected chi connectivity index (χ3v) is 8.23. The lowest BCUT2D eigenvalue weighted by atomic mass is 9.92. The topological polar surface area (TPSA) is 77.4 Å². The number of para-hydroxylation sites is 1. The first-order valence-electron chi connectivity index (χ1n) is 11.9. The number of hydrogen-bond acceptors (Lipinski definition) is 6. The zero-order valence-electron chi connectivity index (χ0n) is 21.0. The Morgan fingerprint density at radius 1 is 0.811 bits per heavy atom. The quantitative estimate of drug-likeness (QED) is 0.306. The van der Waals surface area contributed by atoms with Gasteiger partial charge in [-0.25, -0.2) is 12.7 Å². The second kappa shape index (κ2) is 10.2. The summed E-state index contributed by atoms with van der Waals surface area (Å²) >= 11 is 0. The second-order valence-corrected chi connectivity index (χ2v) is 10.5. The number of benzene rings is 4. The molecule has 7 nitrogen and oxygen atoms in total. The zero-order chi connectivity index (χ0) is 26.0. The molecule has 4 aromatic carbocycles. The molecule has 0 spiro atoms. The Labute approximate surface area is 217 Å². The highest BCUT2D eigenvalue weighted by Crippen LogP contribution is 2.36. The molecule has 0 aromatic heterocycles. The fraction of sp³-hybridized carbons (Fsp3) is 0.207. The summed E-state index contributed by atoms with van der Waals surface area (Å²) < 4.78 is 45.7. The van der Waals surface area contributed by atoms with Crippen molar-refractivity contribution >= 4 is 32.2 Å². The van der Waals surface area contributed by atoms with E-state index in [4.69, 9.17) is 19.2 Å². The van der Waals surface area contributed by atoms with Crippen LogP contribution in [0.3, 0.4) is 0 Å². The first-order valence-corrected chi connectivity index (χ1v) is 13.3. The number of methoxy groups -OCH3 is 3. The number of rotatable bonds is 8. The van der Waals surface area contributed by atoms with Crippen LogP contribution in [-0.4, -0.2) is 48.7 Å². The van der Waals surface area contributed by atoms with Gasteiger partial charge < -0.3 is 14.2 Å². The third kappa shape index (κ3) is 4.54. The van der Waals surface area contributed by atoms with Crippen molar-refractivity contribution < 1.29 is 22.6 Å². The van der Waals surface area contributed by atoms with Crippen LogP contribution in [-0.2, 0) is 21.2 Å². The maximum atomic E-state index is 14.0. The van der Waals surface area contributed by atoms with Crippen LogP contribution >= 0.6 is 0 Å². The van der Waals surface area contributed by atoms with Crippen LogP contribution in [0.25, 0.3) is 10.8 Å². The van der Waals surface area contributed by atoms with E-state index in [1.807, 2.05) is 60.7 Å². The minimum absolute atomic E-state index is 0.155. The third-order valence-electron chi connectivity index (χ3n) is 6.50. The summed E-state index contributed by atoms with van der Waals surface area (Å²) in [6, 6.07) is 24.1. The molecule has 0 unspecified atom stereocenters. The Balaban J connectivity index is 1.64. The summed E-state index contributed by atoms with van der Waals surface area (Å²) in [5.41, 5.74) is 3.83. The summed E-state index contributed by atoms with van der Waals surface area (Å²) in [7, 11) is 0.721. The summed E-state index contributed by atoms with van der Waals surface area (Å²) in [6.45, 7) is 0.423. The van der Waals surface area contributed by atoms with Gasteiger partial charge in [-0.1, -0.05) is 48.5 Å². The lowest BCUT2D eigenvalue weighted by Gasteiger charge is -2.28. The Hall–Kier alpha value is -3.88. The predicted molar refractivity (Wildman–Crippen MR) is 146 cm³/mol. The molecule has 0 radical (unpaired) electrons. The lowest BCUT2D eigenvalue weighted by Crippen LogP contribution is -2.34. The second-order valence-electron chi connectivity index (χ2n) is 8.64. The van der Waals surface area contributed by atoms with Gasteiger partial charge in [-0.2, -0.15) is 0 Å². The van der Waals surface area contributed by atoms with Gasteiger partial charge in [0.1, 0.15) is 6.73 Å². The SMILES string of the molecule is COCN(c1ccccc1C1=NCCc2cc(OC)c(OC)cc21)S(=O)(=O)c1ccc2ccccc2c1. The molecule has 0 aliphatic carbocycles. The van der Waals surface area contributed by atoms with E-state index in [9.17, 15) is 8.42 Å². The molecule has 0 saturated heterocycles. The number of sulfonamides is 1. The van der Waals surface area contributed by atoms with Gasteiger partial charge >= 0.3 is 0 Å². The Bertz CT molecular complexity index is 1600. The summed E-state index contributed by atoms with van der Waals surface area (Å²) in [5.74, 6) is 1.24. The van der Waals surface area contributed by atoms with Gasteiger partial charge in [0.05, 0.1) is 30.5 Å². The van der Waals surface area contributed by atoms with E-state index >= 15 is 0 Å². The molecular weight excluding hydrogens is 488 g/mol. The normalized spacial score (nSPS) is 13.1. The monoisotopic (exact) mass is 516 g/mol. The molecule has 190 valence electrons. The van der Waals surface area contributed by atoms with Gasteiger partial charge in [-0.05, 0) is 53.1 Å². The molecular formula is C29H28N2O5S. The number of anilines is 1. The molecule has 37 heavy (non-hydrogen) atoms. The minimum atomic E-state index is -3.96. The number of nitrogens with zero attached hydrogens (tertiary/aromatic N) is 2. The summed E-state index contributed by atoms with van der Waals surface area (Å²) in [5, 5.41) is 1.82. The summed E-state index contributed by atoms with van der Waals surface area (Å²) in [4.78, 5) is 5.02. The van der Waals surface area contributed by atoms with Crippen molar-refractivity contribution in [2.45, 2.75) is 11.3 Å². The van der Waals surface area contributed by atoms with Crippen LogP contribution in [0.1, 0.15) is 16.7 Å². The molecule has 0 fully saturated rings. The van der Waals surface area contributed by atoms with Crippen molar-refractivity contribution in [2.75, 3.05) is 38.9 Å². The Kier molecular flexibility index (Phi) is 6.86. The molecule has 5 rings (SSSR count). The van der Waals surface area contributed by atoms with Crippen LogP contribution in [0.2, 0.25) is 0 Å². The van der Waals surface area contributed by atoms with Crippen molar-refractivity contribution in [3.05, 3.63) is 95.6 Å². The van der Waals surface area contributed by atoms with Crippen LogP contribution < -0.4 is 13.8 Å². The molecule has 0 atom stereocenters. The summed E-state index contributed by atoms with van der Waals surface area (Å²) in [6.07, 6.45) is 0.749. The van der Waals surface area contributed by atoms with Gasteiger partial charge in [0.2, 0.25) is 0 Å². The highest BCUT2D eigenvalue weighted by atomic mass is 32.2. The van der Waals surface area contributed by atoms with Crippen LogP contribution in [0.5, 0.6) is 11.5 Å². The maximum absolute atomic E-state index is 14.0.